The van der Waals surface area contributed by atoms with Crippen LogP contribution in [0.4, 0.5) is 0 Å². The van der Waals surface area contributed by atoms with E-state index in [2.05, 4.69) is 5.16 Å². The highest BCUT2D eigenvalue weighted by molar-refractivity contribution is 7.13. The quantitative estimate of drug-likeness (QED) is 0.379. The van der Waals surface area contributed by atoms with E-state index in [1.54, 1.807) is 40.5 Å². The fourth-order valence-electron chi connectivity index (χ4n) is 3.38. The summed E-state index contributed by atoms with van der Waals surface area (Å²) < 4.78 is 16.3. The molecule has 1 aliphatic heterocycles. The maximum absolute atomic E-state index is 13.4. The third-order valence-electron chi connectivity index (χ3n) is 4.88. The minimum Gasteiger partial charge on any atom is -0.454 e. The van der Waals surface area contributed by atoms with Gasteiger partial charge in [0.1, 0.15) is 5.69 Å². The van der Waals surface area contributed by atoms with E-state index in [1.807, 2.05) is 41.8 Å². The van der Waals surface area contributed by atoms with Gasteiger partial charge in [-0.05, 0) is 41.3 Å². The fourth-order valence-corrected chi connectivity index (χ4v) is 4.27. The second-order valence-corrected chi connectivity index (χ2v) is 8.34. The summed E-state index contributed by atoms with van der Waals surface area (Å²) in [4.78, 5) is 16.0. The maximum atomic E-state index is 13.4. The highest BCUT2D eigenvalue weighted by Crippen LogP contribution is 2.33. The van der Waals surface area contributed by atoms with Gasteiger partial charge in [0.15, 0.2) is 17.3 Å². The van der Waals surface area contributed by atoms with Gasteiger partial charge in [-0.25, -0.2) is 0 Å². The molecule has 5 rings (SSSR count). The maximum Gasteiger partial charge on any atom is 0.256 e. The van der Waals surface area contributed by atoms with Crippen molar-refractivity contribution >= 4 is 28.8 Å². The molecule has 3 heterocycles. The number of hydrogen-bond donors (Lipinski definition) is 0. The fraction of sp³-hybridized carbons (Fsp3) is 0.130. The summed E-state index contributed by atoms with van der Waals surface area (Å²) in [5.74, 6) is 1.86. The normalized spacial score (nSPS) is 12.2. The standard InChI is InChI=1S/C23H17ClN2O4S/c24-18-5-2-1-4-17(18)23(27)26(12-15-7-8-19-20(10-15)29-14-28-19)13-16-11-21(30-25-16)22-6-3-9-31-22/h1-11H,12-14H2. The number of hydrogen-bond acceptors (Lipinski definition) is 6. The number of carbonyl (C=O) groups is 1. The molecule has 2 aromatic heterocycles. The van der Waals surface area contributed by atoms with Gasteiger partial charge in [-0.2, -0.15) is 0 Å². The lowest BCUT2D eigenvalue weighted by atomic mass is 10.1. The number of fused-ring (bicyclic) bond motifs is 1. The highest BCUT2D eigenvalue weighted by atomic mass is 35.5. The number of rotatable bonds is 6. The van der Waals surface area contributed by atoms with E-state index in [1.165, 1.54) is 0 Å². The molecule has 0 unspecified atom stereocenters. The highest BCUT2D eigenvalue weighted by Gasteiger charge is 2.22. The van der Waals surface area contributed by atoms with Crippen molar-refractivity contribution < 1.29 is 18.8 Å². The molecule has 0 bridgehead atoms. The van der Waals surface area contributed by atoms with Crippen molar-refractivity contribution in [3.8, 4) is 22.1 Å². The molecule has 0 aliphatic carbocycles. The first-order chi connectivity index (χ1) is 15.2. The van der Waals surface area contributed by atoms with Crippen LogP contribution in [0.2, 0.25) is 5.02 Å². The Morgan fingerprint density at radius 1 is 1.03 bits per heavy atom. The van der Waals surface area contributed by atoms with Crippen LogP contribution in [0, 0.1) is 0 Å². The first kappa shape index (κ1) is 19.7. The molecule has 1 amide bonds. The van der Waals surface area contributed by atoms with Crippen LogP contribution in [0.5, 0.6) is 11.5 Å². The van der Waals surface area contributed by atoms with Gasteiger partial charge in [0.2, 0.25) is 6.79 Å². The van der Waals surface area contributed by atoms with Gasteiger partial charge < -0.3 is 18.9 Å². The summed E-state index contributed by atoms with van der Waals surface area (Å²) in [6, 6.07) is 18.4. The van der Waals surface area contributed by atoms with Crippen molar-refractivity contribution in [2.75, 3.05) is 6.79 Å². The van der Waals surface area contributed by atoms with E-state index in [9.17, 15) is 4.79 Å². The predicted octanol–water partition coefficient (Wildman–Crippen LogP) is 5.63. The van der Waals surface area contributed by atoms with Crippen molar-refractivity contribution in [2.45, 2.75) is 13.1 Å². The van der Waals surface area contributed by atoms with Crippen LogP contribution in [0.25, 0.3) is 10.6 Å². The van der Waals surface area contributed by atoms with Crippen LogP contribution in [-0.2, 0) is 13.1 Å². The Kier molecular flexibility index (Phi) is 5.36. The average Bonchev–Trinajstić information content (AvgIpc) is 3.54. The Bertz CT molecular complexity index is 1220. The summed E-state index contributed by atoms with van der Waals surface area (Å²) in [6.45, 7) is 0.820. The van der Waals surface area contributed by atoms with Gasteiger partial charge in [0, 0.05) is 12.6 Å². The molecule has 4 aromatic rings. The third-order valence-corrected chi connectivity index (χ3v) is 6.09. The Morgan fingerprint density at radius 2 is 1.90 bits per heavy atom. The summed E-state index contributed by atoms with van der Waals surface area (Å²) >= 11 is 7.87. The molecule has 31 heavy (non-hydrogen) atoms. The van der Waals surface area contributed by atoms with Gasteiger partial charge in [-0.3, -0.25) is 4.79 Å². The molecule has 156 valence electrons. The van der Waals surface area contributed by atoms with Crippen molar-refractivity contribution in [1.82, 2.24) is 10.1 Å². The molecular formula is C23H17ClN2O4S. The smallest absolute Gasteiger partial charge is 0.256 e. The average molecular weight is 453 g/mol. The number of nitrogens with zero attached hydrogens (tertiary/aromatic N) is 2. The Morgan fingerprint density at radius 3 is 2.74 bits per heavy atom. The number of ether oxygens (including phenoxy) is 2. The monoisotopic (exact) mass is 452 g/mol. The Balaban J connectivity index is 1.44. The Hall–Kier alpha value is -3.29. The summed E-state index contributed by atoms with van der Waals surface area (Å²) in [7, 11) is 0. The number of aromatic nitrogens is 1. The zero-order valence-electron chi connectivity index (χ0n) is 16.3. The Labute approximate surface area is 187 Å². The number of thiophene rings is 1. The molecule has 0 atom stereocenters. The molecule has 2 aromatic carbocycles. The van der Waals surface area contributed by atoms with Gasteiger partial charge in [0.05, 0.1) is 22.0 Å². The van der Waals surface area contributed by atoms with Gasteiger partial charge in [-0.1, -0.05) is 41.0 Å². The third kappa shape index (κ3) is 4.15. The lowest BCUT2D eigenvalue weighted by Crippen LogP contribution is -2.30. The molecule has 0 fully saturated rings. The van der Waals surface area contributed by atoms with Crippen LogP contribution in [0.15, 0.2) is 70.6 Å². The molecule has 6 nitrogen and oxygen atoms in total. The minimum absolute atomic E-state index is 0.191. The lowest BCUT2D eigenvalue weighted by molar-refractivity contribution is 0.0726. The zero-order chi connectivity index (χ0) is 21.2. The SMILES string of the molecule is O=C(c1ccccc1Cl)N(Cc1ccc2c(c1)OCO2)Cc1cc(-c2cccs2)on1. The van der Waals surface area contributed by atoms with Crippen molar-refractivity contribution in [3.05, 3.63) is 87.9 Å². The second kappa shape index (κ2) is 8.45. The summed E-state index contributed by atoms with van der Waals surface area (Å²) in [5, 5.41) is 6.55. The summed E-state index contributed by atoms with van der Waals surface area (Å²) in [6.07, 6.45) is 0. The van der Waals surface area contributed by atoms with E-state index in [-0.39, 0.29) is 19.2 Å². The molecule has 0 spiro atoms. The van der Waals surface area contributed by atoms with E-state index >= 15 is 0 Å². The lowest BCUT2D eigenvalue weighted by Gasteiger charge is -2.22. The van der Waals surface area contributed by atoms with E-state index < -0.39 is 0 Å². The predicted molar refractivity (Wildman–Crippen MR) is 117 cm³/mol. The van der Waals surface area contributed by atoms with Crippen molar-refractivity contribution in [3.63, 3.8) is 0 Å². The van der Waals surface area contributed by atoms with E-state index in [0.29, 0.717) is 40.1 Å². The second-order valence-electron chi connectivity index (χ2n) is 6.99. The van der Waals surface area contributed by atoms with Crippen LogP contribution in [-0.4, -0.2) is 22.8 Å². The topological polar surface area (TPSA) is 64.8 Å². The zero-order valence-corrected chi connectivity index (χ0v) is 17.9. The summed E-state index contributed by atoms with van der Waals surface area (Å²) in [5.41, 5.74) is 2.00. The van der Waals surface area contributed by atoms with Crippen LogP contribution >= 0.6 is 22.9 Å². The number of amides is 1. The number of benzene rings is 2. The van der Waals surface area contributed by atoms with Crippen molar-refractivity contribution in [2.24, 2.45) is 0 Å². The number of carbonyl (C=O) groups excluding carboxylic acids is 1. The molecule has 0 radical (unpaired) electrons. The van der Waals surface area contributed by atoms with Crippen LogP contribution in [0.3, 0.4) is 0 Å². The minimum atomic E-state index is -0.191. The van der Waals surface area contributed by atoms with E-state index in [0.717, 1.165) is 10.4 Å². The molecule has 1 aliphatic rings. The molecule has 0 saturated carbocycles. The molecular weight excluding hydrogens is 436 g/mol. The van der Waals surface area contributed by atoms with Crippen LogP contribution in [0.1, 0.15) is 21.6 Å². The van der Waals surface area contributed by atoms with Crippen LogP contribution < -0.4 is 9.47 Å². The van der Waals surface area contributed by atoms with Crippen molar-refractivity contribution in [1.29, 1.82) is 0 Å². The molecule has 8 heteroatoms. The molecule has 0 N–H and O–H groups in total. The van der Waals surface area contributed by atoms with Gasteiger partial charge >= 0.3 is 0 Å². The van der Waals surface area contributed by atoms with Gasteiger partial charge in [-0.15, -0.1) is 11.3 Å². The number of halogens is 1. The first-order valence-corrected chi connectivity index (χ1v) is 10.8. The van der Waals surface area contributed by atoms with E-state index in [4.69, 9.17) is 25.6 Å². The molecule has 0 saturated heterocycles. The first-order valence-electron chi connectivity index (χ1n) is 9.59. The largest absolute Gasteiger partial charge is 0.454 e. The van der Waals surface area contributed by atoms with Gasteiger partial charge in [0.25, 0.3) is 5.91 Å².